The van der Waals surface area contributed by atoms with Crippen LogP contribution in [0.3, 0.4) is 0 Å². The first-order valence-corrected chi connectivity index (χ1v) is 9.88. The minimum Gasteiger partial charge on any atom is -0.494 e. The van der Waals surface area contributed by atoms with E-state index in [0.29, 0.717) is 40.5 Å². The second kappa shape index (κ2) is 9.38. The number of thiophene rings is 1. The number of hydrogen-bond acceptors (Lipinski definition) is 6. The van der Waals surface area contributed by atoms with Crippen molar-refractivity contribution in [2.75, 3.05) is 25.1 Å². The van der Waals surface area contributed by atoms with Crippen molar-refractivity contribution < 1.29 is 28.2 Å². The molecule has 0 aliphatic rings. The van der Waals surface area contributed by atoms with Gasteiger partial charge in [-0.1, -0.05) is 6.07 Å². The summed E-state index contributed by atoms with van der Waals surface area (Å²) in [4.78, 5) is 24.7. The molecule has 0 unspecified atom stereocenters. The molecule has 0 saturated heterocycles. The van der Waals surface area contributed by atoms with Crippen LogP contribution in [-0.2, 0) is 9.53 Å². The summed E-state index contributed by atoms with van der Waals surface area (Å²) in [6.07, 6.45) is 0. The number of nitrogens with one attached hydrogen (secondary N) is 1. The van der Waals surface area contributed by atoms with Gasteiger partial charge in [0.15, 0.2) is 6.61 Å². The van der Waals surface area contributed by atoms with Crippen molar-refractivity contribution in [3.8, 4) is 11.5 Å². The Morgan fingerprint density at radius 3 is 2.59 bits per heavy atom. The van der Waals surface area contributed by atoms with Crippen molar-refractivity contribution in [3.63, 3.8) is 0 Å². The van der Waals surface area contributed by atoms with Gasteiger partial charge >= 0.3 is 5.97 Å². The minimum atomic E-state index is -0.686. The van der Waals surface area contributed by atoms with Crippen LogP contribution >= 0.6 is 11.3 Å². The number of benzene rings is 2. The molecule has 3 rings (SSSR count). The molecule has 152 valence electrons. The lowest BCUT2D eigenvalue weighted by atomic mass is 10.2. The molecule has 8 heteroatoms. The van der Waals surface area contributed by atoms with Gasteiger partial charge in [0.2, 0.25) is 0 Å². The van der Waals surface area contributed by atoms with Crippen LogP contribution in [0.15, 0.2) is 42.5 Å². The Hall–Kier alpha value is -3.13. The number of hydrogen-bond donors (Lipinski definition) is 1. The molecule has 29 heavy (non-hydrogen) atoms. The van der Waals surface area contributed by atoms with E-state index >= 15 is 0 Å². The molecule has 0 saturated carbocycles. The van der Waals surface area contributed by atoms with Crippen molar-refractivity contribution in [3.05, 3.63) is 53.2 Å². The maximum absolute atomic E-state index is 13.8. The first-order valence-electron chi connectivity index (χ1n) is 9.06. The third kappa shape index (κ3) is 5.03. The van der Waals surface area contributed by atoms with Gasteiger partial charge in [-0.15, -0.1) is 11.3 Å². The second-order valence-corrected chi connectivity index (χ2v) is 6.99. The Morgan fingerprint density at radius 1 is 1.07 bits per heavy atom. The van der Waals surface area contributed by atoms with Crippen LogP contribution < -0.4 is 14.8 Å². The fourth-order valence-electron chi connectivity index (χ4n) is 2.66. The topological polar surface area (TPSA) is 73.9 Å². The summed E-state index contributed by atoms with van der Waals surface area (Å²) in [5.41, 5.74) is 0.419. The van der Waals surface area contributed by atoms with Crippen LogP contribution in [0.4, 0.5) is 10.1 Å². The van der Waals surface area contributed by atoms with Gasteiger partial charge in [-0.05, 0) is 44.2 Å². The second-order valence-electron chi connectivity index (χ2n) is 5.91. The van der Waals surface area contributed by atoms with Gasteiger partial charge in [0.1, 0.15) is 22.2 Å². The van der Waals surface area contributed by atoms with E-state index in [1.54, 1.807) is 30.3 Å². The number of ether oxygens (including phenoxy) is 3. The van der Waals surface area contributed by atoms with Crippen LogP contribution in [0.2, 0.25) is 0 Å². The first-order chi connectivity index (χ1) is 14.0. The summed E-state index contributed by atoms with van der Waals surface area (Å²) < 4.78 is 30.4. The van der Waals surface area contributed by atoms with Crippen molar-refractivity contribution in [1.29, 1.82) is 0 Å². The fourth-order valence-corrected chi connectivity index (χ4v) is 3.63. The molecule has 0 spiro atoms. The first kappa shape index (κ1) is 20.6. The maximum Gasteiger partial charge on any atom is 0.348 e. The molecule has 0 aliphatic heterocycles. The van der Waals surface area contributed by atoms with Crippen LogP contribution in [0.25, 0.3) is 10.1 Å². The van der Waals surface area contributed by atoms with Gasteiger partial charge in [-0.2, -0.15) is 0 Å². The monoisotopic (exact) mass is 417 g/mol. The van der Waals surface area contributed by atoms with Gasteiger partial charge in [0, 0.05) is 16.2 Å². The molecule has 1 amide bonds. The highest BCUT2D eigenvalue weighted by Crippen LogP contribution is 2.30. The van der Waals surface area contributed by atoms with E-state index in [1.807, 2.05) is 13.8 Å². The van der Waals surface area contributed by atoms with Gasteiger partial charge in [0.25, 0.3) is 5.91 Å². The molecule has 0 radical (unpaired) electrons. The zero-order valence-corrected chi connectivity index (χ0v) is 16.8. The Balaban J connectivity index is 1.65. The molecule has 1 N–H and O–H groups in total. The van der Waals surface area contributed by atoms with Crippen molar-refractivity contribution in [2.24, 2.45) is 0 Å². The third-order valence-corrected chi connectivity index (χ3v) is 4.96. The van der Waals surface area contributed by atoms with E-state index < -0.39 is 24.3 Å². The van der Waals surface area contributed by atoms with E-state index in [9.17, 15) is 14.0 Å². The van der Waals surface area contributed by atoms with Crippen molar-refractivity contribution in [1.82, 2.24) is 0 Å². The summed E-state index contributed by atoms with van der Waals surface area (Å²) in [5, 5.41) is 3.01. The number of fused-ring (bicyclic) bond motifs is 1. The fraction of sp³-hybridized carbons (Fsp3) is 0.238. The van der Waals surface area contributed by atoms with Gasteiger partial charge in [-0.3, -0.25) is 4.79 Å². The van der Waals surface area contributed by atoms with Gasteiger partial charge in [-0.25, -0.2) is 9.18 Å². The van der Waals surface area contributed by atoms with Crippen LogP contribution in [0.5, 0.6) is 11.5 Å². The van der Waals surface area contributed by atoms with Gasteiger partial charge < -0.3 is 19.5 Å². The summed E-state index contributed by atoms with van der Waals surface area (Å²) in [6.45, 7) is 4.11. The zero-order valence-electron chi connectivity index (χ0n) is 16.0. The summed E-state index contributed by atoms with van der Waals surface area (Å²) in [7, 11) is 0. The number of carbonyl (C=O) groups excluding carboxylic acids is 2. The molecular weight excluding hydrogens is 397 g/mol. The number of anilines is 1. The Labute approximate surface area is 171 Å². The Bertz CT molecular complexity index is 1030. The average molecular weight is 417 g/mol. The lowest BCUT2D eigenvalue weighted by Crippen LogP contribution is -2.21. The molecule has 0 bridgehead atoms. The van der Waals surface area contributed by atoms with Gasteiger partial charge in [0.05, 0.1) is 18.9 Å². The predicted octanol–water partition coefficient (Wildman–Crippen LogP) is 4.63. The molecule has 6 nitrogen and oxygen atoms in total. The largest absolute Gasteiger partial charge is 0.494 e. The number of rotatable bonds is 8. The van der Waals surface area contributed by atoms with Crippen molar-refractivity contribution in [2.45, 2.75) is 13.8 Å². The highest BCUT2D eigenvalue weighted by molar-refractivity contribution is 7.20. The molecular formula is C21H20FNO5S. The molecule has 1 heterocycles. The Morgan fingerprint density at radius 2 is 1.86 bits per heavy atom. The number of carbonyl (C=O) groups is 2. The summed E-state index contributed by atoms with van der Waals surface area (Å²) in [5.74, 6) is -0.562. The molecule has 1 aromatic heterocycles. The minimum absolute atomic E-state index is 0.228. The lowest BCUT2D eigenvalue weighted by Gasteiger charge is -2.13. The van der Waals surface area contributed by atoms with Crippen LogP contribution in [0, 0.1) is 5.82 Å². The molecule has 0 aliphatic carbocycles. The van der Waals surface area contributed by atoms with E-state index in [4.69, 9.17) is 14.2 Å². The third-order valence-electron chi connectivity index (χ3n) is 3.88. The molecule has 0 atom stereocenters. The normalized spacial score (nSPS) is 10.6. The lowest BCUT2D eigenvalue weighted by molar-refractivity contribution is -0.119. The Kier molecular flexibility index (Phi) is 6.66. The summed E-state index contributed by atoms with van der Waals surface area (Å²) in [6, 6.07) is 11.1. The predicted molar refractivity (Wildman–Crippen MR) is 109 cm³/mol. The standard InChI is InChI=1S/C21H20FNO5S/c1-3-26-13-8-9-17(27-4-2)16(10-13)23-20(24)12-28-21(25)19-11-14-15(22)6-5-7-18(14)29-19/h5-11H,3-4,12H2,1-2H3,(H,23,24). The molecule has 2 aromatic carbocycles. The zero-order chi connectivity index (χ0) is 20.8. The van der Waals surface area contributed by atoms with Crippen molar-refractivity contribution >= 4 is 39.0 Å². The maximum atomic E-state index is 13.8. The van der Waals surface area contributed by atoms with E-state index in [2.05, 4.69) is 5.32 Å². The van der Waals surface area contributed by atoms with Crippen LogP contribution in [0.1, 0.15) is 23.5 Å². The smallest absolute Gasteiger partial charge is 0.348 e. The van der Waals surface area contributed by atoms with E-state index in [0.717, 1.165) is 11.3 Å². The SMILES string of the molecule is CCOc1ccc(OCC)c(NC(=O)COC(=O)c2cc3c(F)cccc3s2)c1. The number of amides is 1. The highest BCUT2D eigenvalue weighted by atomic mass is 32.1. The van der Waals surface area contributed by atoms with E-state index in [-0.39, 0.29) is 4.88 Å². The molecule has 0 fully saturated rings. The molecule has 3 aromatic rings. The van der Waals surface area contributed by atoms with Crippen LogP contribution in [-0.4, -0.2) is 31.7 Å². The average Bonchev–Trinajstić information content (AvgIpc) is 3.14. The summed E-state index contributed by atoms with van der Waals surface area (Å²) >= 11 is 1.11. The number of halogens is 1. The number of esters is 1. The highest BCUT2D eigenvalue weighted by Gasteiger charge is 2.16. The van der Waals surface area contributed by atoms with E-state index in [1.165, 1.54) is 12.1 Å². The quantitative estimate of drug-likeness (QED) is 0.541.